The number of benzene rings is 2. The highest BCUT2D eigenvalue weighted by Gasteiger charge is 2.35. The van der Waals surface area contributed by atoms with Crippen molar-refractivity contribution in [1.82, 2.24) is 10.2 Å². The van der Waals surface area contributed by atoms with Crippen LogP contribution in [0.4, 0.5) is 24.9 Å². The molecule has 1 aliphatic heterocycles. The van der Waals surface area contributed by atoms with Crippen LogP contribution in [0.15, 0.2) is 52.9 Å². The van der Waals surface area contributed by atoms with Crippen molar-refractivity contribution in [3.63, 3.8) is 0 Å². The van der Waals surface area contributed by atoms with E-state index in [-0.39, 0.29) is 36.5 Å². The Kier molecular flexibility index (Phi) is 5.90. The van der Waals surface area contributed by atoms with Gasteiger partial charge in [0, 0.05) is 24.2 Å². The first-order chi connectivity index (χ1) is 15.7. The van der Waals surface area contributed by atoms with Crippen LogP contribution in [0.3, 0.4) is 0 Å². The van der Waals surface area contributed by atoms with Gasteiger partial charge < -0.3 is 18.8 Å². The van der Waals surface area contributed by atoms with Gasteiger partial charge in [-0.1, -0.05) is 5.10 Å². The number of carbonyl (C=O) groups excluding carboxylic acids is 2. The standard InChI is InChI=1S/C21H17F3N4O5/c1-31-15-6-2-12(3-7-15)18(30)25-20-27-26-19(32-20)13-10-17(29)28(11-13)14-4-8-16(9-5-14)33-21(22,23)24/h2-9,13H,10-11H2,1H3,(H,25,27,30)/t13-/m1/s1. The molecule has 1 fully saturated rings. The van der Waals surface area contributed by atoms with Gasteiger partial charge >= 0.3 is 12.4 Å². The van der Waals surface area contributed by atoms with Crippen LogP contribution < -0.4 is 19.7 Å². The van der Waals surface area contributed by atoms with Gasteiger partial charge in [-0.25, -0.2) is 0 Å². The third kappa shape index (κ3) is 5.22. The number of nitrogens with one attached hydrogen (secondary N) is 1. The van der Waals surface area contributed by atoms with Crippen molar-refractivity contribution in [3.8, 4) is 11.5 Å². The first-order valence-corrected chi connectivity index (χ1v) is 9.67. The zero-order valence-electron chi connectivity index (χ0n) is 17.1. The van der Waals surface area contributed by atoms with Crippen LogP contribution >= 0.6 is 0 Å². The fourth-order valence-corrected chi connectivity index (χ4v) is 3.31. The molecule has 1 saturated heterocycles. The summed E-state index contributed by atoms with van der Waals surface area (Å²) in [5, 5.41) is 10.2. The number of alkyl halides is 3. The van der Waals surface area contributed by atoms with Crippen molar-refractivity contribution in [2.24, 2.45) is 0 Å². The molecule has 0 bridgehead atoms. The molecule has 2 heterocycles. The number of anilines is 2. The SMILES string of the molecule is COc1ccc(C(=O)Nc2nnc([C@@H]3CC(=O)N(c4ccc(OC(F)(F)F)cc4)C3)o2)cc1. The average molecular weight is 462 g/mol. The van der Waals surface area contributed by atoms with Gasteiger partial charge in [0.25, 0.3) is 5.91 Å². The van der Waals surface area contributed by atoms with E-state index in [4.69, 9.17) is 9.15 Å². The molecule has 172 valence electrons. The number of ether oxygens (including phenoxy) is 2. The summed E-state index contributed by atoms with van der Waals surface area (Å²) in [5.41, 5.74) is 0.764. The van der Waals surface area contributed by atoms with Crippen LogP contribution in [-0.2, 0) is 4.79 Å². The Balaban J connectivity index is 1.39. The van der Waals surface area contributed by atoms with E-state index in [1.165, 1.54) is 24.1 Å². The fourth-order valence-electron chi connectivity index (χ4n) is 3.31. The minimum absolute atomic E-state index is 0.0643. The molecule has 1 atom stereocenters. The van der Waals surface area contributed by atoms with Crippen LogP contribution in [0.5, 0.6) is 11.5 Å². The lowest BCUT2D eigenvalue weighted by Gasteiger charge is -2.17. The molecule has 0 spiro atoms. The molecule has 9 nitrogen and oxygen atoms in total. The average Bonchev–Trinajstić information content (AvgIpc) is 3.40. The van der Waals surface area contributed by atoms with E-state index in [0.29, 0.717) is 17.0 Å². The minimum Gasteiger partial charge on any atom is -0.497 e. The molecule has 3 aromatic rings. The normalized spacial score (nSPS) is 16.1. The number of nitrogens with zero attached hydrogens (tertiary/aromatic N) is 3. The van der Waals surface area contributed by atoms with Gasteiger partial charge in [0.05, 0.1) is 13.0 Å². The zero-order valence-corrected chi connectivity index (χ0v) is 17.1. The Hall–Kier alpha value is -4.09. The third-order valence-corrected chi connectivity index (χ3v) is 4.87. The second-order valence-electron chi connectivity index (χ2n) is 7.08. The van der Waals surface area contributed by atoms with Crippen molar-refractivity contribution in [2.45, 2.75) is 18.7 Å². The number of aromatic nitrogens is 2. The van der Waals surface area contributed by atoms with Gasteiger partial charge in [-0.05, 0) is 48.5 Å². The van der Waals surface area contributed by atoms with E-state index >= 15 is 0 Å². The third-order valence-electron chi connectivity index (χ3n) is 4.87. The van der Waals surface area contributed by atoms with Gasteiger partial charge in [-0.2, -0.15) is 0 Å². The Morgan fingerprint density at radius 1 is 1.09 bits per heavy atom. The van der Waals surface area contributed by atoms with E-state index in [2.05, 4.69) is 20.3 Å². The van der Waals surface area contributed by atoms with Crippen molar-refractivity contribution in [1.29, 1.82) is 0 Å². The smallest absolute Gasteiger partial charge is 0.497 e. The Bertz CT molecular complexity index is 1150. The van der Waals surface area contributed by atoms with Crippen LogP contribution in [0, 0.1) is 0 Å². The van der Waals surface area contributed by atoms with Crippen LogP contribution in [0.25, 0.3) is 0 Å². The van der Waals surface area contributed by atoms with Crippen molar-refractivity contribution in [3.05, 3.63) is 60.0 Å². The van der Waals surface area contributed by atoms with Crippen molar-refractivity contribution in [2.75, 3.05) is 23.9 Å². The summed E-state index contributed by atoms with van der Waals surface area (Å²) in [7, 11) is 1.52. The zero-order chi connectivity index (χ0) is 23.6. The van der Waals surface area contributed by atoms with E-state index in [9.17, 15) is 22.8 Å². The van der Waals surface area contributed by atoms with Crippen LogP contribution in [-0.4, -0.2) is 42.0 Å². The number of amides is 2. The highest BCUT2D eigenvalue weighted by atomic mass is 19.4. The largest absolute Gasteiger partial charge is 0.573 e. The molecule has 0 aliphatic carbocycles. The molecular formula is C21H17F3N4O5. The fraction of sp³-hybridized carbons (Fsp3) is 0.238. The molecule has 33 heavy (non-hydrogen) atoms. The summed E-state index contributed by atoms with van der Waals surface area (Å²) in [6.07, 6.45) is -4.73. The molecule has 0 radical (unpaired) electrons. The first-order valence-electron chi connectivity index (χ1n) is 9.67. The van der Waals surface area contributed by atoms with Gasteiger partial charge in [0.2, 0.25) is 11.8 Å². The number of hydrogen-bond donors (Lipinski definition) is 1. The Morgan fingerprint density at radius 3 is 2.39 bits per heavy atom. The maximum atomic E-state index is 12.4. The summed E-state index contributed by atoms with van der Waals surface area (Å²) in [4.78, 5) is 26.2. The summed E-state index contributed by atoms with van der Waals surface area (Å²) < 4.78 is 51.3. The Labute approximate surface area is 185 Å². The quantitative estimate of drug-likeness (QED) is 0.595. The molecule has 0 unspecified atom stereocenters. The molecule has 2 amide bonds. The lowest BCUT2D eigenvalue weighted by molar-refractivity contribution is -0.274. The Morgan fingerprint density at radius 2 is 1.76 bits per heavy atom. The minimum atomic E-state index is -4.80. The van der Waals surface area contributed by atoms with Gasteiger partial charge in [-0.15, -0.1) is 18.3 Å². The predicted octanol–water partition coefficient (Wildman–Crippen LogP) is 3.75. The monoisotopic (exact) mass is 462 g/mol. The lowest BCUT2D eigenvalue weighted by Crippen LogP contribution is -2.24. The number of halogens is 3. The summed E-state index contributed by atoms with van der Waals surface area (Å²) in [5.74, 6) is -0.784. The maximum Gasteiger partial charge on any atom is 0.573 e. The molecule has 1 N–H and O–H groups in total. The highest BCUT2D eigenvalue weighted by molar-refractivity contribution is 6.03. The first kappa shape index (κ1) is 22.1. The summed E-state index contributed by atoms with van der Waals surface area (Å²) in [6, 6.07) is 11.3. The van der Waals surface area contributed by atoms with E-state index in [1.807, 2.05) is 0 Å². The molecular weight excluding hydrogens is 445 g/mol. The molecule has 0 saturated carbocycles. The molecule has 4 rings (SSSR count). The van der Waals surface area contributed by atoms with E-state index in [1.54, 1.807) is 24.3 Å². The van der Waals surface area contributed by atoms with Crippen LogP contribution in [0.1, 0.15) is 28.6 Å². The van der Waals surface area contributed by atoms with Crippen LogP contribution in [0.2, 0.25) is 0 Å². The second kappa shape index (κ2) is 8.81. The number of carbonyl (C=O) groups is 2. The number of rotatable bonds is 6. The van der Waals surface area contributed by atoms with Gasteiger partial charge in [0.15, 0.2) is 0 Å². The molecule has 12 heteroatoms. The maximum absolute atomic E-state index is 12.4. The topological polar surface area (TPSA) is 107 Å². The number of hydrogen-bond acceptors (Lipinski definition) is 7. The molecule has 1 aromatic heterocycles. The summed E-state index contributed by atoms with van der Waals surface area (Å²) in [6.45, 7) is 0.187. The van der Waals surface area contributed by atoms with Crippen molar-refractivity contribution >= 4 is 23.5 Å². The van der Waals surface area contributed by atoms with E-state index in [0.717, 1.165) is 12.1 Å². The van der Waals surface area contributed by atoms with Crippen molar-refractivity contribution < 1.29 is 36.7 Å². The number of methoxy groups -OCH3 is 1. The lowest BCUT2D eigenvalue weighted by atomic mass is 10.1. The molecule has 1 aliphatic rings. The van der Waals surface area contributed by atoms with E-state index < -0.39 is 18.2 Å². The van der Waals surface area contributed by atoms with Gasteiger partial charge in [-0.3, -0.25) is 14.9 Å². The highest BCUT2D eigenvalue weighted by Crippen LogP contribution is 2.33. The molecule has 2 aromatic carbocycles. The summed E-state index contributed by atoms with van der Waals surface area (Å²) >= 11 is 0. The second-order valence-corrected chi connectivity index (χ2v) is 7.08. The van der Waals surface area contributed by atoms with Gasteiger partial charge in [0.1, 0.15) is 11.5 Å². The predicted molar refractivity (Wildman–Crippen MR) is 108 cm³/mol.